The second-order valence-corrected chi connectivity index (χ2v) is 7.83. The lowest BCUT2D eigenvalue weighted by Crippen LogP contribution is -2.33. The molecule has 3 rings (SSSR count). The first kappa shape index (κ1) is 19.2. The molecule has 3 atom stereocenters. The zero-order chi connectivity index (χ0) is 17.6. The highest BCUT2D eigenvalue weighted by molar-refractivity contribution is 5.50. The molecule has 0 aliphatic heterocycles. The summed E-state index contributed by atoms with van der Waals surface area (Å²) >= 11 is 0. The lowest BCUT2D eigenvalue weighted by Gasteiger charge is -2.42. The number of carbonyl (C=O) groups is 1. The first-order valence-electron chi connectivity index (χ1n) is 10.2. The monoisotopic (exact) mass is 328 g/mol. The van der Waals surface area contributed by atoms with E-state index >= 15 is 0 Å². The smallest absolute Gasteiger partial charge is 0.120 e. The van der Waals surface area contributed by atoms with E-state index < -0.39 is 0 Å². The predicted molar refractivity (Wildman–Crippen MR) is 104 cm³/mol. The number of carbonyl (C=O) groups excluding carboxylic acids is 1. The summed E-state index contributed by atoms with van der Waals surface area (Å²) in [5.74, 6) is 1.32. The molecule has 3 saturated carbocycles. The highest BCUT2D eigenvalue weighted by Gasteiger charge is 2.48. The van der Waals surface area contributed by atoms with Gasteiger partial charge in [0, 0.05) is 6.42 Å². The SMILES string of the molecule is C=C1CCCC/C1=C/C=C1\CCCC2(C)C(CC=O)CC[C@@H]12.CC. The van der Waals surface area contributed by atoms with Gasteiger partial charge in [-0.05, 0) is 80.6 Å². The van der Waals surface area contributed by atoms with Crippen LogP contribution in [0.1, 0.15) is 85.0 Å². The fourth-order valence-corrected chi connectivity index (χ4v) is 5.25. The first-order valence-corrected chi connectivity index (χ1v) is 10.2. The minimum absolute atomic E-state index is 0.368. The molecule has 0 radical (unpaired) electrons. The van der Waals surface area contributed by atoms with Gasteiger partial charge in [0.2, 0.25) is 0 Å². The first-order chi connectivity index (χ1) is 11.6. The minimum Gasteiger partial charge on any atom is -0.303 e. The van der Waals surface area contributed by atoms with Crippen LogP contribution in [0.4, 0.5) is 0 Å². The van der Waals surface area contributed by atoms with Crippen molar-refractivity contribution in [1.82, 2.24) is 0 Å². The van der Waals surface area contributed by atoms with Gasteiger partial charge in [-0.25, -0.2) is 0 Å². The van der Waals surface area contributed by atoms with Crippen LogP contribution >= 0.6 is 0 Å². The van der Waals surface area contributed by atoms with Crippen molar-refractivity contribution in [1.29, 1.82) is 0 Å². The fourth-order valence-electron chi connectivity index (χ4n) is 5.25. The molecule has 0 N–H and O–H groups in total. The van der Waals surface area contributed by atoms with Gasteiger partial charge in [-0.2, -0.15) is 0 Å². The second kappa shape index (κ2) is 8.83. The Kier molecular flexibility index (Phi) is 7.07. The molecule has 0 heterocycles. The van der Waals surface area contributed by atoms with Crippen molar-refractivity contribution >= 4 is 6.29 Å². The van der Waals surface area contributed by atoms with Crippen LogP contribution < -0.4 is 0 Å². The quantitative estimate of drug-likeness (QED) is 0.521. The molecule has 134 valence electrons. The Morgan fingerprint density at radius 3 is 2.54 bits per heavy atom. The summed E-state index contributed by atoms with van der Waals surface area (Å²) in [7, 11) is 0. The summed E-state index contributed by atoms with van der Waals surface area (Å²) in [4.78, 5) is 11.0. The van der Waals surface area contributed by atoms with Gasteiger partial charge in [0.1, 0.15) is 6.29 Å². The maximum atomic E-state index is 11.0. The van der Waals surface area contributed by atoms with E-state index in [-0.39, 0.29) is 0 Å². The second-order valence-electron chi connectivity index (χ2n) is 7.83. The Labute approximate surface area is 149 Å². The normalized spacial score (nSPS) is 36.2. The average molecular weight is 329 g/mol. The molecule has 0 amide bonds. The lowest BCUT2D eigenvalue weighted by atomic mass is 9.63. The van der Waals surface area contributed by atoms with Gasteiger partial charge < -0.3 is 4.79 Å². The maximum absolute atomic E-state index is 11.0. The summed E-state index contributed by atoms with van der Waals surface area (Å²) in [5.41, 5.74) is 4.85. The van der Waals surface area contributed by atoms with Gasteiger partial charge in [-0.3, -0.25) is 0 Å². The van der Waals surface area contributed by atoms with E-state index in [4.69, 9.17) is 0 Å². The Bertz CT molecular complexity index is 510. The predicted octanol–water partition coefficient (Wildman–Crippen LogP) is 6.80. The van der Waals surface area contributed by atoms with Crippen LogP contribution in [0.2, 0.25) is 0 Å². The van der Waals surface area contributed by atoms with Gasteiger partial charge in [0.15, 0.2) is 0 Å². The molecule has 0 aromatic carbocycles. The molecule has 0 spiro atoms. The van der Waals surface area contributed by atoms with Gasteiger partial charge >= 0.3 is 0 Å². The molecule has 24 heavy (non-hydrogen) atoms. The molecule has 1 heteroatoms. The molecule has 0 bridgehead atoms. The number of hydrogen-bond acceptors (Lipinski definition) is 1. The molecule has 3 aliphatic carbocycles. The molecular weight excluding hydrogens is 292 g/mol. The molecule has 1 nitrogen and oxygen atoms in total. The highest BCUT2D eigenvalue weighted by atomic mass is 16.1. The van der Waals surface area contributed by atoms with Crippen LogP contribution in [0.3, 0.4) is 0 Å². The number of hydrogen-bond donors (Lipinski definition) is 0. The number of rotatable bonds is 3. The van der Waals surface area contributed by atoms with Crippen molar-refractivity contribution < 1.29 is 4.79 Å². The van der Waals surface area contributed by atoms with Crippen LogP contribution in [0.15, 0.2) is 35.5 Å². The third-order valence-electron chi connectivity index (χ3n) is 6.67. The van der Waals surface area contributed by atoms with Crippen LogP contribution in [-0.4, -0.2) is 6.29 Å². The summed E-state index contributed by atoms with van der Waals surface area (Å²) in [6.07, 6.45) is 18.1. The van der Waals surface area contributed by atoms with Crippen molar-refractivity contribution in [2.45, 2.75) is 85.0 Å². The summed E-state index contributed by atoms with van der Waals surface area (Å²) < 4.78 is 0. The zero-order valence-corrected chi connectivity index (χ0v) is 16.1. The van der Waals surface area contributed by atoms with E-state index in [2.05, 4.69) is 25.7 Å². The molecule has 2 unspecified atom stereocenters. The highest BCUT2D eigenvalue weighted by Crippen LogP contribution is 2.58. The lowest BCUT2D eigenvalue weighted by molar-refractivity contribution is -0.109. The van der Waals surface area contributed by atoms with Crippen LogP contribution in [0, 0.1) is 17.3 Å². The van der Waals surface area contributed by atoms with Crippen molar-refractivity contribution in [3.05, 3.63) is 35.5 Å². The third kappa shape index (κ3) is 3.92. The number of allylic oxidation sites excluding steroid dienone is 5. The van der Waals surface area contributed by atoms with E-state index in [0.717, 1.165) is 12.7 Å². The Morgan fingerprint density at radius 2 is 1.83 bits per heavy atom. The molecule has 0 aromatic rings. The van der Waals surface area contributed by atoms with Crippen molar-refractivity contribution in [2.24, 2.45) is 17.3 Å². The van der Waals surface area contributed by atoms with E-state index in [1.54, 1.807) is 5.57 Å². The van der Waals surface area contributed by atoms with Crippen LogP contribution in [0.25, 0.3) is 0 Å². The summed E-state index contributed by atoms with van der Waals surface area (Å²) in [5, 5.41) is 0. The van der Waals surface area contributed by atoms with E-state index in [1.165, 1.54) is 68.9 Å². The summed E-state index contributed by atoms with van der Waals surface area (Å²) in [6.45, 7) is 10.7. The summed E-state index contributed by atoms with van der Waals surface area (Å²) in [6, 6.07) is 0. The molecule has 0 aromatic heterocycles. The molecule has 3 fully saturated rings. The van der Waals surface area contributed by atoms with Crippen LogP contribution in [0.5, 0.6) is 0 Å². The average Bonchev–Trinajstić information content (AvgIpc) is 2.93. The van der Waals surface area contributed by atoms with E-state index in [0.29, 0.717) is 17.3 Å². The van der Waals surface area contributed by atoms with Gasteiger partial charge in [0.25, 0.3) is 0 Å². The molecule has 3 aliphatic rings. The minimum atomic E-state index is 0.368. The Morgan fingerprint density at radius 1 is 1.08 bits per heavy atom. The Hall–Kier alpha value is -1.11. The number of aldehydes is 1. The zero-order valence-electron chi connectivity index (χ0n) is 16.1. The molecular formula is C23H36O. The van der Waals surface area contributed by atoms with Gasteiger partial charge in [-0.15, -0.1) is 0 Å². The van der Waals surface area contributed by atoms with Gasteiger partial charge in [-0.1, -0.05) is 50.6 Å². The standard InChI is InChI=1S/C21H30O.C2H6/c1-16-6-3-4-7-17(16)9-10-18-8-5-14-21(2)19(13-15-22)11-12-20(18)21;1-2/h9-10,15,19-20H,1,3-8,11-14H2,2H3;1-2H3/b17-9-,18-10+;/t19?,20-,21?;/m0./s1. The van der Waals surface area contributed by atoms with Crippen molar-refractivity contribution in [3.63, 3.8) is 0 Å². The number of fused-ring (bicyclic) bond motifs is 1. The van der Waals surface area contributed by atoms with Crippen LogP contribution in [-0.2, 0) is 4.79 Å². The van der Waals surface area contributed by atoms with Crippen molar-refractivity contribution in [3.8, 4) is 0 Å². The fraction of sp³-hybridized carbons (Fsp3) is 0.696. The Balaban J connectivity index is 0.00000100. The largest absolute Gasteiger partial charge is 0.303 e. The van der Waals surface area contributed by atoms with E-state index in [9.17, 15) is 4.79 Å². The maximum Gasteiger partial charge on any atom is 0.120 e. The van der Waals surface area contributed by atoms with Crippen molar-refractivity contribution in [2.75, 3.05) is 0 Å². The topological polar surface area (TPSA) is 17.1 Å². The van der Waals surface area contributed by atoms with Gasteiger partial charge in [0.05, 0.1) is 0 Å². The molecule has 0 saturated heterocycles. The van der Waals surface area contributed by atoms with E-state index in [1.807, 2.05) is 13.8 Å². The third-order valence-corrected chi connectivity index (χ3v) is 6.67.